The summed E-state index contributed by atoms with van der Waals surface area (Å²) >= 11 is 0. The first-order chi connectivity index (χ1) is 9.35. The van der Waals surface area contributed by atoms with E-state index in [9.17, 15) is 8.42 Å². The fourth-order valence-electron chi connectivity index (χ4n) is 2.84. The van der Waals surface area contributed by atoms with Crippen molar-refractivity contribution in [1.82, 2.24) is 15.1 Å². The third-order valence-electron chi connectivity index (χ3n) is 3.96. The van der Waals surface area contributed by atoms with E-state index < -0.39 is 9.84 Å². The minimum absolute atomic E-state index is 0.0511. The molecular formula is C13H24N4O2S. The molecule has 0 amide bonds. The van der Waals surface area contributed by atoms with E-state index in [4.69, 9.17) is 0 Å². The lowest BCUT2D eigenvalue weighted by molar-refractivity contribution is 0.599. The van der Waals surface area contributed by atoms with Crippen LogP contribution in [0.2, 0.25) is 0 Å². The Morgan fingerprint density at radius 2 is 2.20 bits per heavy atom. The molecule has 114 valence electrons. The lowest BCUT2D eigenvalue weighted by atomic mass is 10.2. The molecule has 0 aromatic carbocycles. The van der Waals surface area contributed by atoms with Crippen LogP contribution in [0.1, 0.15) is 24.6 Å². The minimum atomic E-state index is -2.87. The molecule has 0 spiro atoms. The second kappa shape index (κ2) is 5.73. The summed E-state index contributed by atoms with van der Waals surface area (Å²) in [7, 11) is 1.01. The standard InChI is InChI=1S/C13H24N4O2S/c1-5-14-8-12-10(2)15-17(4)13(12)16(3)11-6-7-20(18,19)9-11/h11,14H,5-9H2,1-4H3. The normalized spacial score (nSPS) is 21.3. The average molecular weight is 300 g/mol. The molecule has 2 rings (SSSR count). The number of nitrogens with one attached hydrogen (secondary N) is 1. The van der Waals surface area contributed by atoms with Gasteiger partial charge in [0, 0.05) is 32.2 Å². The summed E-state index contributed by atoms with van der Waals surface area (Å²) in [4.78, 5) is 2.08. The zero-order chi connectivity index (χ0) is 14.9. The van der Waals surface area contributed by atoms with Crippen LogP contribution in [0.5, 0.6) is 0 Å². The number of aryl methyl sites for hydroxylation is 2. The predicted molar refractivity (Wildman–Crippen MR) is 80.8 cm³/mol. The van der Waals surface area contributed by atoms with Crippen LogP contribution in [0.25, 0.3) is 0 Å². The van der Waals surface area contributed by atoms with Gasteiger partial charge >= 0.3 is 0 Å². The van der Waals surface area contributed by atoms with Gasteiger partial charge in [0.05, 0.1) is 17.2 Å². The SMILES string of the molecule is CCNCc1c(C)nn(C)c1N(C)C1CCS(=O)(=O)C1. The Balaban J connectivity index is 2.27. The van der Waals surface area contributed by atoms with E-state index in [-0.39, 0.29) is 11.8 Å². The van der Waals surface area contributed by atoms with Crippen molar-refractivity contribution in [3.8, 4) is 0 Å². The van der Waals surface area contributed by atoms with Crippen molar-refractivity contribution in [3.05, 3.63) is 11.3 Å². The fourth-order valence-corrected chi connectivity index (χ4v) is 4.62. The molecule has 1 atom stereocenters. The highest BCUT2D eigenvalue weighted by Crippen LogP contribution is 2.27. The molecule has 0 bridgehead atoms. The van der Waals surface area contributed by atoms with Crippen molar-refractivity contribution in [2.45, 2.75) is 32.9 Å². The molecule has 1 N–H and O–H groups in total. The summed E-state index contributed by atoms with van der Waals surface area (Å²) < 4.78 is 25.2. The number of rotatable bonds is 5. The molecule has 7 heteroatoms. The number of anilines is 1. The van der Waals surface area contributed by atoms with Gasteiger partial charge in [0.25, 0.3) is 0 Å². The zero-order valence-corrected chi connectivity index (χ0v) is 13.5. The van der Waals surface area contributed by atoms with Crippen LogP contribution in [0, 0.1) is 6.92 Å². The molecule has 0 aliphatic carbocycles. The summed E-state index contributed by atoms with van der Waals surface area (Å²) in [5, 5.41) is 7.80. The fraction of sp³-hybridized carbons (Fsp3) is 0.769. The molecule has 1 aromatic heterocycles. The Bertz CT molecular complexity index is 579. The minimum Gasteiger partial charge on any atom is -0.356 e. The molecular weight excluding hydrogens is 276 g/mol. The molecule has 1 aliphatic rings. The van der Waals surface area contributed by atoms with E-state index >= 15 is 0 Å². The Morgan fingerprint density at radius 1 is 1.50 bits per heavy atom. The maximum absolute atomic E-state index is 11.7. The summed E-state index contributed by atoms with van der Waals surface area (Å²) in [6.45, 7) is 5.72. The van der Waals surface area contributed by atoms with Crippen molar-refractivity contribution in [2.24, 2.45) is 7.05 Å². The number of nitrogens with zero attached hydrogens (tertiary/aromatic N) is 3. The molecule has 1 unspecified atom stereocenters. The Labute approximate surface area is 121 Å². The van der Waals surface area contributed by atoms with E-state index in [0.717, 1.165) is 30.2 Å². The van der Waals surface area contributed by atoms with E-state index in [1.807, 2.05) is 25.7 Å². The molecule has 1 saturated heterocycles. The largest absolute Gasteiger partial charge is 0.356 e. The van der Waals surface area contributed by atoms with Crippen LogP contribution >= 0.6 is 0 Å². The van der Waals surface area contributed by atoms with Crippen LogP contribution in [-0.4, -0.2) is 49.3 Å². The summed E-state index contributed by atoms with van der Waals surface area (Å²) in [6.07, 6.45) is 0.698. The van der Waals surface area contributed by atoms with Gasteiger partial charge in [-0.05, 0) is 19.9 Å². The van der Waals surface area contributed by atoms with Gasteiger partial charge in [-0.25, -0.2) is 8.42 Å². The summed E-state index contributed by atoms with van der Waals surface area (Å²) in [6, 6.07) is 0.0511. The van der Waals surface area contributed by atoms with Crippen molar-refractivity contribution >= 4 is 15.7 Å². The third kappa shape index (κ3) is 2.98. The highest BCUT2D eigenvalue weighted by molar-refractivity contribution is 7.91. The van der Waals surface area contributed by atoms with Crippen molar-refractivity contribution < 1.29 is 8.42 Å². The van der Waals surface area contributed by atoms with Gasteiger partial charge < -0.3 is 10.2 Å². The van der Waals surface area contributed by atoms with E-state index in [0.29, 0.717) is 12.2 Å². The van der Waals surface area contributed by atoms with Crippen LogP contribution in [-0.2, 0) is 23.4 Å². The molecule has 6 nitrogen and oxygen atoms in total. The van der Waals surface area contributed by atoms with Crippen LogP contribution in [0.15, 0.2) is 0 Å². The lowest BCUT2D eigenvalue weighted by Gasteiger charge is -2.26. The first kappa shape index (κ1) is 15.3. The lowest BCUT2D eigenvalue weighted by Crippen LogP contribution is -2.35. The van der Waals surface area contributed by atoms with Crippen LogP contribution in [0.3, 0.4) is 0 Å². The van der Waals surface area contributed by atoms with Gasteiger partial charge in [-0.1, -0.05) is 6.92 Å². The summed E-state index contributed by atoms with van der Waals surface area (Å²) in [5.74, 6) is 1.56. The van der Waals surface area contributed by atoms with Gasteiger partial charge in [-0.2, -0.15) is 5.10 Å². The van der Waals surface area contributed by atoms with Gasteiger partial charge in [0.1, 0.15) is 5.82 Å². The van der Waals surface area contributed by atoms with E-state index in [1.54, 1.807) is 0 Å². The second-order valence-electron chi connectivity index (χ2n) is 5.46. The smallest absolute Gasteiger partial charge is 0.152 e. The Hall–Kier alpha value is -1.08. The third-order valence-corrected chi connectivity index (χ3v) is 5.71. The second-order valence-corrected chi connectivity index (χ2v) is 7.69. The molecule has 1 fully saturated rings. The van der Waals surface area contributed by atoms with E-state index in [2.05, 4.69) is 22.2 Å². The predicted octanol–water partition coefficient (Wildman–Crippen LogP) is 0.461. The van der Waals surface area contributed by atoms with Gasteiger partial charge in [-0.3, -0.25) is 4.68 Å². The first-order valence-electron chi connectivity index (χ1n) is 7.02. The van der Waals surface area contributed by atoms with Crippen molar-refractivity contribution in [2.75, 3.05) is 30.0 Å². The maximum atomic E-state index is 11.7. The molecule has 20 heavy (non-hydrogen) atoms. The van der Waals surface area contributed by atoms with Crippen molar-refractivity contribution in [3.63, 3.8) is 0 Å². The van der Waals surface area contributed by atoms with E-state index in [1.165, 1.54) is 0 Å². The number of hydrogen-bond acceptors (Lipinski definition) is 5. The quantitative estimate of drug-likeness (QED) is 0.856. The molecule has 0 radical (unpaired) electrons. The highest BCUT2D eigenvalue weighted by atomic mass is 32.2. The average Bonchev–Trinajstić information content (AvgIpc) is 2.86. The summed E-state index contributed by atoms with van der Waals surface area (Å²) in [5.41, 5.74) is 2.15. The highest BCUT2D eigenvalue weighted by Gasteiger charge is 2.33. The first-order valence-corrected chi connectivity index (χ1v) is 8.84. The molecule has 0 saturated carbocycles. The zero-order valence-electron chi connectivity index (χ0n) is 12.7. The molecule has 2 heterocycles. The molecule has 1 aromatic rings. The Morgan fingerprint density at radius 3 is 2.75 bits per heavy atom. The van der Waals surface area contributed by atoms with Gasteiger partial charge in [-0.15, -0.1) is 0 Å². The number of hydrogen-bond donors (Lipinski definition) is 1. The number of aromatic nitrogens is 2. The monoisotopic (exact) mass is 300 g/mol. The van der Waals surface area contributed by atoms with Gasteiger partial charge in [0.2, 0.25) is 0 Å². The van der Waals surface area contributed by atoms with Crippen molar-refractivity contribution in [1.29, 1.82) is 0 Å². The maximum Gasteiger partial charge on any atom is 0.152 e. The Kier molecular flexibility index (Phi) is 4.39. The number of sulfone groups is 1. The van der Waals surface area contributed by atoms with Gasteiger partial charge in [0.15, 0.2) is 9.84 Å². The van der Waals surface area contributed by atoms with Crippen LogP contribution < -0.4 is 10.2 Å². The van der Waals surface area contributed by atoms with Crippen LogP contribution in [0.4, 0.5) is 5.82 Å². The molecule has 1 aliphatic heterocycles. The topological polar surface area (TPSA) is 67.2 Å².